The standard InChI is InChI=1S/C12H17ClN2O/c1-4-12(2,3)16-10-6-5-8(13)7-9(10)11(14)15/h5-7H,4H2,1-3H3,(H3,14,15). The van der Waals surface area contributed by atoms with Crippen molar-refractivity contribution in [2.75, 3.05) is 0 Å². The van der Waals surface area contributed by atoms with Crippen LogP contribution in [0, 0.1) is 5.41 Å². The molecule has 0 heterocycles. The summed E-state index contributed by atoms with van der Waals surface area (Å²) < 4.78 is 5.82. The van der Waals surface area contributed by atoms with Crippen LogP contribution in [0.2, 0.25) is 5.02 Å². The fourth-order valence-corrected chi connectivity index (χ4v) is 1.34. The first-order chi connectivity index (χ1) is 7.35. The maximum absolute atomic E-state index is 7.48. The monoisotopic (exact) mass is 240 g/mol. The summed E-state index contributed by atoms with van der Waals surface area (Å²) in [5.41, 5.74) is 5.74. The molecule has 0 aliphatic rings. The van der Waals surface area contributed by atoms with E-state index < -0.39 is 0 Å². The number of halogens is 1. The van der Waals surface area contributed by atoms with Crippen molar-refractivity contribution in [3.05, 3.63) is 28.8 Å². The Morgan fingerprint density at radius 2 is 2.12 bits per heavy atom. The smallest absolute Gasteiger partial charge is 0.131 e. The van der Waals surface area contributed by atoms with Gasteiger partial charge in [0.15, 0.2) is 0 Å². The van der Waals surface area contributed by atoms with Crippen molar-refractivity contribution in [1.29, 1.82) is 5.41 Å². The molecule has 88 valence electrons. The van der Waals surface area contributed by atoms with E-state index in [1.54, 1.807) is 18.2 Å². The van der Waals surface area contributed by atoms with Crippen molar-refractivity contribution in [2.45, 2.75) is 32.8 Å². The Bertz CT molecular complexity index is 402. The molecule has 0 aliphatic carbocycles. The number of rotatable bonds is 4. The number of nitrogen functional groups attached to an aromatic ring is 1. The summed E-state index contributed by atoms with van der Waals surface area (Å²) in [4.78, 5) is 0. The van der Waals surface area contributed by atoms with Gasteiger partial charge >= 0.3 is 0 Å². The summed E-state index contributed by atoms with van der Waals surface area (Å²) in [6.45, 7) is 6.03. The van der Waals surface area contributed by atoms with Gasteiger partial charge in [-0.15, -0.1) is 0 Å². The Hall–Kier alpha value is -1.22. The fourth-order valence-electron chi connectivity index (χ4n) is 1.17. The average Bonchev–Trinajstić information content (AvgIpc) is 2.20. The van der Waals surface area contributed by atoms with Gasteiger partial charge in [-0.3, -0.25) is 5.41 Å². The van der Waals surface area contributed by atoms with Gasteiger partial charge in [-0.1, -0.05) is 18.5 Å². The first-order valence-corrected chi connectivity index (χ1v) is 5.56. The molecule has 1 aromatic rings. The summed E-state index contributed by atoms with van der Waals surface area (Å²) in [5.74, 6) is 0.563. The zero-order valence-corrected chi connectivity index (χ0v) is 10.6. The molecule has 0 saturated carbocycles. The number of hydrogen-bond acceptors (Lipinski definition) is 2. The van der Waals surface area contributed by atoms with Gasteiger partial charge in [0.05, 0.1) is 5.56 Å². The highest BCUT2D eigenvalue weighted by Gasteiger charge is 2.19. The van der Waals surface area contributed by atoms with E-state index in [1.807, 2.05) is 20.8 Å². The van der Waals surface area contributed by atoms with Gasteiger partial charge in [0, 0.05) is 5.02 Å². The molecule has 0 radical (unpaired) electrons. The third-order valence-electron chi connectivity index (χ3n) is 2.47. The Balaban J connectivity index is 3.09. The highest BCUT2D eigenvalue weighted by Crippen LogP contribution is 2.27. The van der Waals surface area contributed by atoms with E-state index in [4.69, 9.17) is 27.5 Å². The maximum Gasteiger partial charge on any atom is 0.131 e. The Labute approximate surface area is 101 Å². The van der Waals surface area contributed by atoms with Gasteiger partial charge in [0.1, 0.15) is 17.2 Å². The zero-order valence-electron chi connectivity index (χ0n) is 9.80. The minimum absolute atomic E-state index is 0.0376. The molecule has 0 atom stereocenters. The van der Waals surface area contributed by atoms with Gasteiger partial charge in [-0.25, -0.2) is 0 Å². The predicted octanol–water partition coefficient (Wildman–Crippen LogP) is 3.19. The van der Waals surface area contributed by atoms with E-state index in [0.717, 1.165) is 6.42 Å². The molecular weight excluding hydrogens is 224 g/mol. The Morgan fingerprint density at radius 3 is 2.62 bits per heavy atom. The van der Waals surface area contributed by atoms with Crippen LogP contribution < -0.4 is 10.5 Å². The van der Waals surface area contributed by atoms with Crippen LogP contribution >= 0.6 is 11.6 Å². The summed E-state index contributed by atoms with van der Waals surface area (Å²) in [5, 5.41) is 8.02. The van der Waals surface area contributed by atoms with E-state index in [2.05, 4.69) is 0 Å². The van der Waals surface area contributed by atoms with E-state index in [0.29, 0.717) is 16.3 Å². The molecule has 0 unspecified atom stereocenters. The van der Waals surface area contributed by atoms with Gasteiger partial charge in [0.2, 0.25) is 0 Å². The largest absolute Gasteiger partial charge is 0.487 e. The number of nitrogens with two attached hydrogens (primary N) is 1. The maximum atomic E-state index is 7.48. The topological polar surface area (TPSA) is 59.1 Å². The van der Waals surface area contributed by atoms with Crippen LogP contribution in [0.1, 0.15) is 32.8 Å². The van der Waals surface area contributed by atoms with Crippen molar-refractivity contribution in [3.8, 4) is 5.75 Å². The third-order valence-corrected chi connectivity index (χ3v) is 2.70. The highest BCUT2D eigenvalue weighted by atomic mass is 35.5. The molecule has 0 bridgehead atoms. The first-order valence-electron chi connectivity index (χ1n) is 5.18. The van der Waals surface area contributed by atoms with Crippen molar-refractivity contribution in [3.63, 3.8) is 0 Å². The number of hydrogen-bond donors (Lipinski definition) is 2. The van der Waals surface area contributed by atoms with Crippen LogP contribution in [-0.4, -0.2) is 11.4 Å². The molecule has 0 saturated heterocycles. The van der Waals surface area contributed by atoms with Crippen LogP contribution in [0.5, 0.6) is 5.75 Å². The molecule has 1 rings (SSSR count). The molecule has 0 spiro atoms. The second-order valence-electron chi connectivity index (χ2n) is 4.27. The summed E-state index contributed by atoms with van der Waals surface area (Å²) in [7, 11) is 0. The number of amidine groups is 1. The minimum atomic E-state index is -0.280. The molecule has 0 aromatic heterocycles. The second-order valence-corrected chi connectivity index (χ2v) is 4.71. The van der Waals surface area contributed by atoms with Crippen LogP contribution in [0.3, 0.4) is 0 Å². The molecule has 3 nitrogen and oxygen atoms in total. The van der Waals surface area contributed by atoms with Crippen molar-refractivity contribution < 1.29 is 4.74 Å². The SMILES string of the molecule is CCC(C)(C)Oc1ccc(Cl)cc1C(=N)N. The minimum Gasteiger partial charge on any atom is -0.487 e. The molecule has 4 heteroatoms. The predicted molar refractivity (Wildman–Crippen MR) is 67.5 cm³/mol. The fraction of sp³-hybridized carbons (Fsp3) is 0.417. The number of benzene rings is 1. The molecule has 16 heavy (non-hydrogen) atoms. The quantitative estimate of drug-likeness (QED) is 0.627. The Kier molecular flexibility index (Phi) is 3.81. The normalized spacial score (nSPS) is 11.2. The van der Waals surface area contributed by atoms with Gasteiger partial charge in [-0.05, 0) is 38.5 Å². The van der Waals surface area contributed by atoms with Crippen molar-refractivity contribution >= 4 is 17.4 Å². The lowest BCUT2D eigenvalue weighted by molar-refractivity contribution is 0.105. The lowest BCUT2D eigenvalue weighted by Gasteiger charge is -2.26. The summed E-state index contributed by atoms with van der Waals surface area (Å²) >= 11 is 5.86. The van der Waals surface area contributed by atoms with Gasteiger partial charge in [-0.2, -0.15) is 0 Å². The summed E-state index contributed by atoms with van der Waals surface area (Å²) in [6, 6.07) is 5.12. The molecular formula is C12H17ClN2O. The average molecular weight is 241 g/mol. The zero-order chi connectivity index (χ0) is 12.3. The first kappa shape index (κ1) is 12.8. The number of nitrogens with one attached hydrogen (secondary N) is 1. The third kappa shape index (κ3) is 3.14. The van der Waals surface area contributed by atoms with E-state index in [-0.39, 0.29) is 11.4 Å². The molecule has 3 N–H and O–H groups in total. The highest BCUT2D eigenvalue weighted by molar-refractivity contribution is 6.31. The second kappa shape index (κ2) is 4.74. The van der Waals surface area contributed by atoms with E-state index in [1.165, 1.54) is 0 Å². The van der Waals surface area contributed by atoms with E-state index in [9.17, 15) is 0 Å². The van der Waals surface area contributed by atoms with E-state index >= 15 is 0 Å². The Morgan fingerprint density at radius 1 is 1.50 bits per heavy atom. The van der Waals surface area contributed by atoms with Crippen LogP contribution in [0.4, 0.5) is 0 Å². The molecule has 0 fully saturated rings. The van der Waals surface area contributed by atoms with Crippen LogP contribution in [0.15, 0.2) is 18.2 Å². The van der Waals surface area contributed by atoms with Crippen molar-refractivity contribution in [2.24, 2.45) is 5.73 Å². The lowest BCUT2D eigenvalue weighted by Crippen LogP contribution is -2.28. The number of ether oxygens (including phenoxy) is 1. The van der Waals surface area contributed by atoms with Gasteiger partial charge < -0.3 is 10.5 Å². The van der Waals surface area contributed by atoms with Crippen molar-refractivity contribution in [1.82, 2.24) is 0 Å². The van der Waals surface area contributed by atoms with Crippen LogP contribution in [-0.2, 0) is 0 Å². The molecule has 1 aromatic carbocycles. The van der Waals surface area contributed by atoms with Gasteiger partial charge in [0.25, 0.3) is 0 Å². The molecule has 0 amide bonds. The summed E-state index contributed by atoms with van der Waals surface area (Å²) in [6.07, 6.45) is 0.868. The lowest BCUT2D eigenvalue weighted by atomic mass is 10.1. The molecule has 0 aliphatic heterocycles. The van der Waals surface area contributed by atoms with Crippen LogP contribution in [0.25, 0.3) is 0 Å².